The Kier molecular flexibility index (Phi) is 6.56. The Morgan fingerprint density at radius 2 is 1.91 bits per heavy atom. The van der Waals surface area contributed by atoms with E-state index in [9.17, 15) is 9.18 Å². The van der Waals surface area contributed by atoms with Crippen molar-refractivity contribution in [2.45, 2.75) is 12.8 Å². The van der Waals surface area contributed by atoms with Gasteiger partial charge in [0, 0.05) is 24.7 Å². The molecule has 2 N–H and O–H groups in total. The van der Waals surface area contributed by atoms with Crippen LogP contribution in [-0.2, 0) is 11.2 Å². The molecule has 2 rings (SSSR count). The number of benzene rings is 2. The number of carbonyl (C=O) groups excluding carboxylic acids is 1. The summed E-state index contributed by atoms with van der Waals surface area (Å²) < 4.78 is 17.9. The van der Waals surface area contributed by atoms with Gasteiger partial charge in [-0.15, -0.1) is 0 Å². The number of hydrogen-bond donors (Lipinski definition) is 2. The van der Waals surface area contributed by atoms with Crippen LogP contribution in [0.4, 0.5) is 10.1 Å². The monoisotopic (exact) mass is 316 g/mol. The molecule has 0 bridgehead atoms. The summed E-state index contributed by atoms with van der Waals surface area (Å²) >= 11 is 0. The summed E-state index contributed by atoms with van der Waals surface area (Å²) in [6.45, 7) is 1.34. The van der Waals surface area contributed by atoms with Crippen molar-refractivity contribution in [3.8, 4) is 5.75 Å². The lowest BCUT2D eigenvalue weighted by Crippen LogP contribution is -2.23. The zero-order valence-electron chi connectivity index (χ0n) is 13.1. The summed E-state index contributed by atoms with van der Waals surface area (Å²) in [6.07, 6.45) is 1.19. The molecular formula is C18H21FN2O2. The van der Waals surface area contributed by atoms with Gasteiger partial charge in [-0.1, -0.05) is 18.2 Å². The normalized spacial score (nSPS) is 10.3. The van der Waals surface area contributed by atoms with Crippen molar-refractivity contribution in [2.75, 3.05) is 25.5 Å². The number of carbonyl (C=O) groups is 1. The van der Waals surface area contributed by atoms with Crippen molar-refractivity contribution in [3.05, 3.63) is 59.9 Å². The molecule has 0 spiro atoms. The van der Waals surface area contributed by atoms with E-state index in [1.807, 2.05) is 18.2 Å². The van der Waals surface area contributed by atoms with E-state index in [-0.39, 0.29) is 11.7 Å². The van der Waals surface area contributed by atoms with Crippen LogP contribution in [0.25, 0.3) is 0 Å². The summed E-state index contributed by atoms with van der Waals surface area (Å²) in [5, 5.41) is 6.04. The molecule has 0 heterocycles. The Hall–Kier alpha value is -2.40. The van der Waals surface area contributed by atoms with E-state index in [0.29, 0.717) is 18.7 Å². The quantitative estimate of drug-likeness (QED) is 0.736. The first-order chi connectivity index (χ1) is 11.2. The lowest BCUT2D eigenvalue weighted by atomic mass is 10.1. The highest BCUT2D eigenvalue weighted by atomic mass is 19.1. The highest BCUT2D eigenvalue weighted by Gasteiger charge is 2.03. The van der Waals surface area contributed by atoms with Gasteiger partial charge in [0.15, 0.2) is 0 Å². The van der Waals surface area contributed by atoms with Crippen LogP contribution in [0, 0.1) is 5.82 Å². The van der Waals surface area contributed by atoms with E-state index in [0.717, 1.165) is 24.2 Å². The van der Waals surface area contributed by atoms with Crippen LogP contribution >= 0.6 is 0 Å². The third kappa shape index (κ3) is 6.08. The van der Waals surface area contributed by atoms with Crippen molar-refractivity contribution < 1.29 is 13.9 Å². The molecule has 0 atom stereocenters. The molecule has 4 nitrogen and oxygen atoms in total. The fraction of sp³-hybridized carbons (Fsp3) is 0.278. The molecule has 2 aromatic carbocycles. The first kappa shape index (κ1) is 17.0. The first-order valence-electron chi connectivity index (χ1n) is 7.56. The third-order valence-electron chi connectivity index (χ3n) is 3.39. The van der Waals surface area contributed by atoms with Crippen molar-refractivity contribution in [2.24, 2.45) is 0 Å². The van der Waals surface area contributed by atoms with Gasteiger partial charge < -0.3 is 15.4 Å². The fourth-order valence-electron chi connectivity index (χ4n) is 2.14. The maximum Gasteiger partial charge on any atom is 0.225 e. The first-order valence-corrected chi connectivity index (χ1v) is 7.56. The average Bonchev–Trinajstić information content (AvgIpc) is 2.56. The number of halogens is 1. The van der Waals surface area contributed by atoms with E-state index in [2.05, 4.69) is 10.6 Å². The van der Waals surface area contributed by atoms with E-state index in [1.165, 1.54) is 12.1 Å². The average molecular weight is 316 g/mol. The smallest absolute Gasteiger partial charge is 0.225 e. The summed E-state index contributed by atoms with van der Waals surface area (Å²) in [4.78, 5) is 11.8. The Bertz CT molecular complexity index is 629. The topological polar surface area (TPSA) is 50.4 Å². The number of anilines is 1. The molecule has 0 aliphatic heterocycles. The summed E-state index contributed by atoms with van der Waals surface area (Å²) in [5.74, 6) is 0.434. The third-order valence-corrected chi connectivity index (χ3v) is 3.39. The van der Waals surface area contributed by atoms with Crippen LogP contribution in [0.1, 0.15) is 12.0 Å². The van der Waals surface area contributed by atoms with Crippen LogP contribution in [0.15, 0.2) is 48.5 Å². The summed E-state index contributed by atoms with van der Waals surface area (Å²) in [6, 6.07) is 13.7. The van der Waals surface area contributed by atoms with E-state index >= 15 is 0 Å². The molecule has 0 aromatic heterocycles. The zero-order chi connectivity index (χ0) is 16.5. The molecule has 0 aliphatic carbocycles. The lowest BCUT2D eigenvalue weighted by Gasteiger charge is -2.08. The van der Waals surface area contributed by atoms with Gasteiger partial charge in [0.05, 0.1) is 7.11 Å². The predicted octanol–water partition coefficient (Wildman–Crippen LogP) is 3.00. The summed E-state index contributed by atoms with van der Waals surface area (Å²) in [7, 11) is 1.59. The maximum atomic E-state index is 12.8. The van der Waals surface area contributed by atoms with Gasteiger partial charge in [0.2, 0.25) is 5.91 Å². The highest BCUT2D eigenvalue weighted by molar-refractivity contribution is 5.90. The van der Waals surface area contributed by atoms with Crippen molar-refractivity contribution in [3.63, 3.8) is 0 Å². The molecule has 1 amide bonds. The molecule has 122 valence electrons. The van der Waals surface area contributed by atoms with Gasteiger partial charge in [-0.3, -0.25) is 4.79 Å². The van der Waals surface area contributed by atoms with E-state index in [4.69, 9.17) is 4.74 Å². The Morgan fingerprint density at radius 1 is 1.13 bits per heavy atom. The molecule has 0 fully saturated rings. The molecule has 0 saturated heterocycles. The predicted molar refractivity (Wildman–Crippen MR) is 89.2 cm³/mol. The number of amides is 1. The minimum atomic E-state index is -0.226. The Labute approximate surface area is 135 Å². The van der Waals surface area contributed by atoms with Crippen LogP contribution in [-0.4, -0.2) is 26.1 Å². The molecule has 0 radical (unpaired) electrons. The van der Waals surface area contributed by atoms with Crippen LogP contribution in [0.3, 0.4) is 0 Å². The minimum Gasteiger partial charge on any atom is -0.497 e. The SMILES string of the molecule is COc1cccc(NC(=O)CCNCCc2ccc(F)cc2)c1. The van der Waals surface area contributed by atoms with Crippen LogP contribution < -0.4 is 15.4 Å². The number of rotatable bonds is 8. The molecule has 0 unspecified atom stereocenters. The minimum absolute atomic E-state index is 0.0486. The Morgan fingerprint density at radius 3 is 2.65 bits per heavy atom. The fourth-order valence-corrected chi connectivity index (χ4v) is 2.14. The number of hydrogen-bond acceptors (Lipinski definition) is 3. The second kappa shape index (κ2) is 8.90. The molecule has 0 saturated carbocycles. The van der Waals surface area contributed by atoms with Crippen molar-refractivity contribution in [1.29, 1.82) is 0 Å². The molecular weight excluding hydrogens is 295 g/mol. The number of ether oxygens (including phenoxy) is 1. The number of nitrogens with one attached hydrogen (secondary N) is 2. The lowest BCUT2D eigenvalue weighted by molar-refractivity contribution is -0.116. The van der Waals surface area contributed by atoms with E-state index < -0.39 is 0 Å². The highest BCUT2D eigenvalue weighted by Crippen LogP contribution is 2.16. The zero-order valence-corrected chi connectivity index (χ0v) is 13.1. The van der Waals surface area contributed by atoms with Gasteiger partial charge >= 0.3 is 0 Å². The van der Waals surface area contributed by atoms with Gasteiger partial charge in [-0.2, -0.15) is 0 Å². The molecule has 5 heteroatoms. The van der Waals surface area contributed by atoms with Crippen LogP contribution in [0.5, 0.6) is 5.75 Å². The van der Waals surface area contributed by atoms with Crippen LogP contribution in [0.2, 0.25) is 0 Å². The standard InChI is InChI=1S/C18H21FN2O2/c1-23-17-4-2-3-16(13-17)21-18(22)10-12-20-11-9-14-5-7-15(19)8-6-14/h2-8,13,20H,9-12H2,1H3,(H,21,22). The molecule has 23 heavy (non-hydrogen) atoms. The van der Waals surface area contributed by atoms with E-state index in [1.54, 1.807) is 25.3 Å². The molecule has 2 aromatic rings. The largest absolute Gasteiger partial charge is 0.497 e. The van der Waals surface area contributed by atoms with Gasteiger partial charge in [-0.05, 0) is 42.8 Å². The second-order valence-corrected chi connectivity index (χ2v) is 5.16. The molecule has 0 aliphatic rings. The van der Waals surface area contributed by atoms with Gasteiger partial charge in [0.1, 0.15) is 11.6 Å². The summed E-state index contributed by atoms with van der Waals surface area (Å²) in [5.41, 5.74) is 1.79. The second-order valence-electron chi connectivity index (χ2n) is 5.16. The van der Waals surface area contributed by atoms with Gasteiger partial charge in [0.25, 0.3) is 0 Å². The van der Waals surface area contributed by atoms with Crippen molar-refractivity contribution >= 4 is 11.6 Å². The van der Waals surface area contributed by atoms with Gasteiger partial charge in [-0.25, -0.2) is 4.39 Å². The van der Waals surface area contributed by atoms with Crippen molar-refractivity contribution in [1.82, 2.24) is 5.32 Å². The Balaban J connectivity index is 1.63. The number of methoxy groups -OCH3 is 1. The maximum absolute atomic E-state index is 12.8.